The van der Waals surface area contributed by atoms with Gasteiger partial charge in [-0.05, 0) is 55.7 Å². The number of imidazole rings is 1. The van der Waals surface area contributed by atoms with E-state index in [2.05, 4.69) is 15.3 Å². The highest BCUT2D eigenvalue weighted by atomic mass is 19.2. The summed E-state index contributed by atoms with van der Waals surface area (Å²) in [5.41, 5.74) is 2.71. The maximum Gasteiger partial charge on any atom is 0.306 e. The predicted octanol–water partition coefficient (Wildman–Crippen LogP) is 4.67. The molecule has 2 aromatic heterocycles. The van der Waals surface area contributed by atoms with Crippen LogP contribution < -0.4 is 10.1 Å². The predicted molar refractivity (Wildman–Crippen MR) is 136 cm³/mol. The topological polar surface area (TPSA) is 109 Å². The number of methoxy groups -OCH3 is 1. The molecule has 2 N–H and O–H groups in total. The number of aromatic nitrogens is 3. The third kappa shape index (κ3) is 4.51. The van der Waals surface area contributed by atoms with Crippen LogP contribution in [-0.2, 0) is 4.79 Å². The molecular formula is C27H25F2N5O4. The van der Waals surface area contributed by atoms with Crippen molar-refractivity contribution in [2.45, 2.75) is 19.8 Å². The van der Waals surface area contributed by atoms with Gasteiger partial charge in [0.2, 0.25) is 5.82 Å². The van der Waals surface area contributed by atoms with Gasteiger partial charge in [-0.2, -0.15) is 4.39 Å². The second kappa shape index (κ2) is 10.1. The lowest BCUT2D eigenvalue weighted by molar-refractivity contribution is -0.143. The van der Waals surface area contributed by atoms with Crippen LogP contribution in [0.1, 0.15) is 28.8 Å². The molecule has 11 heteroatoms. The zero-order valence-electron chi connectivity index (χ0n) is 20.7. The number of halogens is 2. The fraction of sp³-hybridized carbons (Fsp3) is 0.259. The van der Waals surface area contributed by atoms with Crippen molar-refractivity contribution >= 4 is 29.0 Å². The minimum absolute atomic E-state index is 0.0269. The molecule has 0 spiro atoms. The lowest BCUT2D eigenvalue weighted by atomic mass is 9.96. The fourth-order valence-corrected chi connectivity index (χ4v) is 4.71. The first-order chi connectivity index (χ1) is 18.3. The van der Waals surface area contributed by atoms with Crippen molar-refractivity contribution in [3.05, 3.63) is 71.7 Å². The first-order valence-electron chi connectivity index (χ1n) is 12.0. The first-order valence-corrected chi connectivity index (χ1v) is 12.0. The van der Waals surface area contributed by atoms with Gasteiger partial charge in [-0.3, -0.25) is 14.0 Å². The van der Waals surface area contributed by atoms with Gasteiger partial charge in [-0.25, -0.2) is 14.4 Å². The number of fused-ring (bicyclic) bond motifs is 1. The van der Waals surface area contributed by atoms with Gasteiger partial charge < -0.3 is 20.1 Å². The molecule has 1 aliphatic heterocycles. The molecule has 1 aliphatic rings. The summed E-state index contributed by atoms with van der Waals surface area (Å²) in [7, 11) is 1.27. The standard InChI is InChI=1S/C27H25F2N5O4/c1-15-13-17(3-4-18(15)26(35)33-10-7-16(8-11-33)27(36)37)32-24-25-31-14-20(34(25)12-9-30-24)19-5-6-21(38-2)23(29)22(19)28/h3-6,9,12-14,16H,7-8,10-11H2,1-2H3,(H,30,32)(H,36,37). The van der Waals surface area contributed by atoms with Crippen molar-refractivity contribution in [3.63, 3.8) is 0 Å². The summed E-state index contributed by atoms with van der Waals surface area (Å²) in [5, 5.41) is 12.4. The maximum absolute atomic E-state index is 14.7. The third-order valence-corrected chi connectivity index (χ3v) is 6.82. The lowest BCUT2D eigenvalue weighted by Crippen LogP contribution is -2.40. The molecule has 1 saturated heterocycles. The van der Waals surface area contributed by atoms with Crippen LogP contribution in [0, 0.1) is 24.5 Å². The van der Waals surface area contributed by atoms with Gasteiger partial charge in [0, 0.05) is 42.3 Å². The van der Waals surface area contributed by atoms with Crippen molar-refractivity contribution in [2.24, 2.45) is 5.92 Å². The van der Waals surface area contributed by atoms with Crippen LogP contribution in [0.15, 0.2) is 48.9 Å². The van der Waals surface area contributed by atoms with Crippen molar-refractivity contribution in [1.29, 1.82) is 0 Å². The number of carbonyl (C=O) groups is 2. The molecule has 0 radical (unpaired) electrons. The van der Waals surface area contributed by atoms with Gasteiger partial charge in [0.05, 0.1) is 24.9 Å². The number of benzene rings is 2. The summed E-state index contributed by atoms with van der Waals surface area (Å²) in [6.07, 6.45) is 5.44. The van der Waals surface area contributed by atoms with Crippen LogP contribution in [0.3, 0.4) is 0 Å². The highest BCUT2D eigenvalue weighted by Crippen LogP contribution is 2.32. The number of amides is 1. The van der Waals surface area contributed by atoms with E-state index in [9.17, 15) is 23.5 Å². The van der Waals surface area contributed by atoms with Crippen molar-refractivity contribution in [1.82, 2.24) is 19.3 Å². The van der Waals surface area contributed by atoms with E-state index in [1.165, 1.54) is 31.6 Å². The van der Waals surface area contributed by atoms with Crippen LogP contribution in [0.2, 0.25) is 0 Å². The Balaban J connectivity index is 1.38. The Hall–Kier alpha value is -4.54. The van der Waals surface area contributed by atoms with Crippen molar-refractivity contribution in [3.8, 4) is 17.0 Å². The van der Waals surface area contributed by atoms with Crippen LogP contribution in [0.25, 0.3) is 16.9 Å². The number of rotatable bonds is 6. The van der Waals surface area contributed by atoms with Gasteiger partial charge in [-0.1, -0.05) is 0 Å². The molecular weight excluding hydrogens is 496 g/mol. The number of likely N-dealkylation sites (tertiary alicyclic amines) is 1. The number of anilines is 2. The number of carboxylic acid groups (broad SMARTS) is 1. The summed E-state index contributed by atoms with van der Waals surface area (Å²) >= 11 is 0. The van der Waals surface area contributed by atoms with E-state index in [0.717, 1.165) is 5.56 Å². The van der Waals surface area contributed by atoms with Gasteiger partial charge in [-0.15, -0.1) is 0 Å². The van der Waals surface area contributed by atoms with Crippen LogP contribution in [0.4, 0.5) is 20.3 Å². The fourth-order valence-electron chi connectivity index (χ4n) is 4.71. The Kier molecular flexibility index (Phi) is 6.66. The smallest absolute Gasteiger partial charge is 0.306 e. The van der Waals surface area contributed by atoms with Gasteiger partial charge in [0.1, 0.15) is 0 Å². The molecule has 1 amide bonds. The number of hydrogen-bond acceptors (Lipinski definition) is 6. The molecule has 0 saturated carbocycles. The Labute approximate surface area is 216 Å². The van der Waals surface area contributed by atoms with E-state index in [0.29, 0.717) is 54.3 Å². The van der Waals surface area contributed by atoms with E-state index < -0.39 is 23.5 Å². The van der Waals surface area contributed by atoms with Gasteiger partial charge in [0.25, 0.3) is 5.91 Å². The molecule has 196 valence electrons. The van der Waals surface area contributed by atoms with Crippen LogP contribution in [0.5, 0.6) is 5.75 Å². The minimum Gasteiger partial charge on any atom is -0.494 e. The second-order valence-electron chi connectivity index (χ2n) is 9.12. The molecule has 0 unspecified atom stereocenters. The van der Waals surface area contributed by atoms with Gasteiger partial charge >= 0.3 is 5.97 Å². The van der Waals surface area contributed by atoms with Crippen molar-refractivity contribution < 1.29 is 28.2 Å². The van der Waals surface area contributed by atoms with E-state index in [-0.39, 0.29) is 17.2 Å². The first kappa shape index (κ1) is 25.1. The summed E-state index contributed by atoms with van der Waals surface area (Å²) in [5.74, 6) is -3.29. The molecule has 9 nitrogen and oxygen atoms in total. The van der Waals surface area contributed by atoms with Gasteiger partial charge in [0.15, 0.2) is 23.0 Å². The number of nitrogens with zero attached hydrogens (tertiary/aromatic N) is 4. The zero-order valence-corrected chi connectivity index (χ0v) is 20.7. The monoisotopic (exact) mass is 521 g/mol. The van der Waals surface area contributed by atoms with E-state index in [4.69, 9.17) is 4.74 Å². The highest BCUT2D eigenvalue weighted by molar-refractivity contribution is 5.96. The number of hydrogen-bond donors (Lipinski definition) is 2. The molecule has 0 aliphatic carbocycles. The number of ether oxygens (including phenoxy) is 1. The summed E-state index contributed by atoms with van der Waals surface area (Å²) in [6, 6.07) is 8.06. The average molecular weight is 522 g/mol. The minimum atomic E-state index is -1.08. The molecule has 0 bridgehead atoms. The SMILES string of the molecule is COc1ccc(-c2cnc3c(Nc4ccc(C(=O)N5CCC(C(=O)O)CC5)c(C)c4)nccn23)c(F)c1F. The Morgan fingerprint density at radius 1 is 1.11 bits per heavy atom. The third-order valence-electron chi connectivity index (χ3n) is 6.82. The molecule has 2 aromatic carbocycles. The lowest BCUT2D eigenvalue weighted by Gasteiger charge is -2.30. The van der Waals surface area contributed by atoms with E-state index in [1.807, 2.05) is 13.0 Å². The zero-order chi connectivity index (χ0) is 27.0. The largest absolute Gasteiger partial charge is 0.494 e. The Bertz CT molecular complexity index is 1550. The van der Waals surface area contributed by atoms with E-state index in [1.54, 1.807) is 27.6 Å². The molecule has 4 aromatic rings. The van der Waals surface area contributed by atoms with Crippen LogP contribution in [-0.4, -0.2) is 56.5 Å². The molecule has 0 atom stereocenters. The molecule has 5 rings (SSSR count). The molecule has 3 heterocycles. The van der Waals surface area contributed by atoms with Crippen LogP contribution >= 0.6 is 0 Å². The number of nitrogens with one attached hydrogen (secondary N) is 1. The average Bonchev–Trinajstić information content (AvgIpc) is 3.35. The molecule has 38 heavy (non-hydrogen) atoms. The normalized spacial score (nSPS) is 14.1. The Morgan fingerprint density at radius 3 is 2.55 bits per heavy atom. The number of aryl methyl sites for hydroxylation is 1. The highest BCUT2D eigenvalue weighted by Gasteiger charge is 2.28. The number of carbonyl (C=O) groups excluding carboxylic acids is 1. The summed E-state index contributed by atoms with van der Waals surface area (Å²) < 4.78 is 35.5. The Morgan fingerprint density at radius 2 is 1.87 bits per heavy atom. The number of carboxylic acids is 1. The second-order valence-corrected chi connectivity index (χ2v) is 9.12. The molecule has 1 fully saturated rings. The summed E-state index contributed by atoms with van der Waals surface area (Å²) in [4.78, 5) is 34.6. The quantitative estimate of drug-likeness (QED) is 0.380. The van der Waals surface area contributed by atoms with Crippen molar-refractivity contribution in [2.75, 3.05) is 25.5 Å². The summed E-state index contributed by atoms with van der Waals surface area (Å²) in [6.45, 7) is 2.63. The van der Waals surface area contributed by atoms with E-state index >= 15 is 0 Å². The number of piperidine rings is 1. The number of aliphatic carboxylic acids is 1. The maximum atomic E-state index is 14.7.